The molecule has 3 rings (SSSR count). The van der Waals surface area contributed by atoms with E-state index in [0.717, 1.165) is 38.1 Å². The van der Waals surface area contributed by atoms with Crippen molar-refractivity contribution in [3.05, 3.63) is 63.7 Å². The van der Waals surface area contributed by atoms with E-state index in [1.54, 1.807) is 36.4 Å². The minimum atomic E-state index is -0.424. The normalized spacial score (nSPS) is 14.8. The molecule has 0 fully saturated rings. The minimum Gasteiger partial charge on any atom is -0.310 e. The van der Waals surface area contributed by atoms with E-state index in [1.165, 1.54) is 6.07 Å². The lowest BCUT2D eigenvalue weighted by Crippen LogP contribution is -2.05. The second-order valence-electron chi connectivity index (χ2n) is 5.77. The number of fused-ring (bicyclic) bond motifs is 1. The average Bonchev–Trinajstić information content (AvgIpc) is 2.87. The fourth-order valence-corrected chi connectivity index (χ4v) is 2.89. The van der Waals surface area contributed by atoms with Crippen LogP contribution in [0.3, 0.4) is 0 Å². The number of nitro groups is 1. The van der Waals surface area contributed by atoms with Crippen LogP contribution < -0.4 is 0 Å². The molecule has 1 aromatic heterocycles. The van der Waals surface area contributed by atoms with Crippen LogP contribution in [0, 0.1) is 21.4 Å². The number of rotatable bonds is 4. The van der Waals surface area contributed by atoms with Gasteiger partial charge in [-0.15, -0.1) is 10.2 Å². The molecule has 0 amide bonds. The van der Waals surface area contributed by atoms with Gasteiger partial charge in [-0.3, -0.25) is 10.1 Å². The van der Waals surface area contributed by atoms with Crippen LogP contribution in [0.2, 0.25) is 0 Å². The average molecular weight is 335 g/mol. The Morgan fingerprint density at radius 3 is 2.92 bits per heavy atom. The van der Waals surface area contributed by atoms with Crippen LogP contribution in [0.25, 0.3) is 11.6 Å². The minimum absolute atomic E-state index is 0.0296. The van der Waals surface area contributed by atoms with Gasteiger partial charge in [-0.05, 0) is 31.1 Å². The van der Waals surface area contributed by atoms with E-state index in [1.807, 2.05) is 4.57 Å². The first-order valence-corrected chi connectivity index (χ1v) is 8.15. The lowest BCUT2D eigenvalue weighted by atomic mass is 10.1. The van der Waals surface area contributed by atoms with Gasteiger partial charge >= 0.3 is 0 Å². The number of benzene rings is 1. The van der Waals surface area contributed by atoms with E-state index in [0.29, 0.717) is 17.0 Å². The molecule has 0 radical (unpaired) electrons. The Bertz CT molecular complexity index is 889. The largest absolute Gasteiger partial charge is 0.310 e. The van der Waals surface area contributed by atoms with E-state index < -0.39 is 4.92 Å². The first kappa shape index (κ1) is 16.6. The zero-order valence-corrected chi connectivity index (χ0v) is 13.6. The van der Waals surface area contributed by atoms with Crippen molar-refractivity contribution < 1.29 is 4.92 Å². The summed E-state index contributed by atoms with van der Waals surface area (Å²) in [5.74, 6) is 1.47. The summed E-state index contributed by atoms with van der Waals surface area (Å²) in [4.78, 5) is 10.6. The van der Waals surface area contributed by atoms with Gasteiger partial charge in [0.05, 0.1) is 16.1 Å². The van der Waals surface area contributed by atoms with Crippen LogP contribution in [0.1, 0.15) is 36.5 Å². The topological polar surface area (TPSA) is 97.6 Å². The summed E-state index contributed by atoms with van der Waals surface area (Å²) in [6, 6.07) is 8.63. The standard InChI is InChI=1S/C18H17N5O2/c19-13-15(18-21-20-17-11-2-1-5-12-22(17)18)9-6-8-14-7-3-4-10-16(14)23(24)25/h3-4,6-10H,1-2,5,11-12H2/b8-6+,15-9+. The highest BCUT2D eigenvalue weighted by Gasteiger charge is 2.17. The second kappa shape index (κ2) is 7.53. The number of nitro benzene ring substituents is 1. The van der Waals surface area contributed by atoms with Gasteiger partial charge in [0.1, 0.15) is 11.9 Å². The van der Waals surface area contributed by atoms with Crippen LogP contribution in [-0.2, 0) is 13.0 Å². The molecule has 0 saturated carbocycles. The molecule has 1 aliphatic rings. The summed E-state index contributed by atoms with van der Waals surface area (Å²) in [6.45, 7) is 0.810. The molecular formula is C18H17N5O2. The lowest BCUT2D eigenvalue weighted by molar-refractivity contribution is -0.385. The molecule has 0 unspecified atom stereocenters. The first-order valence-electron chi connectivity index (χ1n) is 8.15. The summed E-state index contributed by atoms with van der Waals surface area (Å²) in [5.41, 5.74) is 0.915. The molecule has 0 aliphatic carbocycles. The van der Waals surface area contributed by atoms with Gasteiger partial charge in [-0.2, -0.15) is 5.26 Å². The van der Waals surface area contributed by atoms with E-state index in [4.69, 9.17) is 0 Å². The van der Waals surface area contributed by atoms with E-state index >= 15 is 0 Å². The Kier molecular flexibility index (Phi) is 5.00. The predicted molar refractivity (Wildman–Crippen MR) is 93.3 cm³/mol. The molecule has 25 heavy (non-hydrogen) atoms. The number of para-hydroxylation sites is 1. The summed E-state index contributed by atoms with van der Waals surface area (Å²) in [6.07, 6.45) is 9.03. The zero-order valence-electron chi connectivity index (χ0n) is 13.6. The molecule has 7 nitrogen and oxygen atoms in total. The number of aryl methyl sites for hydroxylation is 1. The molecule has 2 aromatic rings. The number of hydrogen-bond acceptors (Lipinski definition) is 5. The van der Waals surface area contributed by atoms with Crippen LogP contribution in [0.4, 0.5) is 5.69 Å². The lowest BCUT2D eigenvalue weighted by Gasteiger charge is -2.05. The zero-order chi connectivity index (χ0) is 17.6. The molecule has 126 valence electrons. The highest BCUT2D eigenvalue weighted by molar-refractivity contribution is 5.75. The summed E-state index contributed by atoms with van der Waals surface area (Å²) in [5, 5.41) is 28.9. The van der Waals surface area contributed by atoms with Gasteiger partial charge in [0.25, 0.3) is 5.69 Å². The van der Waals surface area contributed by atoms with Crippen molar-refractivity contribution in [2.75, 3.05) is 0 Å². The van der Waals surface area contributed by atoms with Gasteiger partial charge in [-0.25, -0.2) is 0 Å². The maximum absolute atomic E-state index is 11.0. The third-order valence-corrected chi connectivity index (χ3v) is 4.14. The smallest absolute Gasteiger partial charge is 0.276 e. The molecule has 0 atom stereocenters. The fraction of sp³-hybridized carbons (Fsp3) is 0.278. The molecule has 0 saturated heterocycles. The maximum Gasteiger partial charge on any atom is 0.276 e. The quantitative estimate of drug-likeness (QED) is 0.368. The van der Waals surface area contributed by atoms with E-state index in [9.17, 15) is 15.4 Å². The van der Waals surface area contributed by atoms with Crippen LogP contribution in [0.5, 0.6) is 0 Å². The van der Waals surface area contributed by atoms with Gasteiger partial charge in [0.15, 0.2) is 5.82 Å². The number of nitriles is 1. The van der Waals surface area contributed by atoms with Gasteiger partial charge in [-0.1, -0.05) is 24.6 Å². The van der Waals surface area contributed by atoms with Crippen molar-refractivity contribution in [2.45, 2.75) is 32.2 Å². The maximum atomic E-state index is 11.0. The Hall–Kier alpha value is -3.27. The molecule has 7 heteroatoms. The molecule has 2 heterocycles. The number of nitrogens with zero attached hydrogens (tertiary/aromatic N) is 5. The van der Waals surface area contributed by atoms with Crippen molar-refractivity contribution in [3.63, 3.8) is 0 Å². The van der Waals surface area contributed by atoms with E-state index in [-0.39, 0.29) is 5.69 Å². The first-order chi connectivity index (χ1) is 12.2. The van der Waals surface area contributed by atoms with Gasteiger partial charge < -0.3 is 4.57 Å². The van der Waals surface area contributed by atoms with E-state index in [2.05, 4.69) is 16.3 Å². The van der Waals surface area contributed by atoms with Crippen molar-refractivity contribution >= 4 is 17.3 Å². The highest BCUT2D eigenvalue weighted by atomic mass is 16.6. The van der Waals surface area contributed by atoms with Crippen LogP contribution in [-0.4, -0.2) is 19.7 Å². The molecule has 0 N–H and O–H groups in total. The fourth-order valence-electron chi connectivity index (χ4n) is 2.89. The second-order valence-corrected chi connectivity index (χ2v) is 5.77. The van der Waals surface area contributed by atoms with Crippen molar-refractivity contribution in [2.24, 2.45) is 0 Å². The SMILES string of the molecule is N#C/C(=C\C=C\c1ccccc1[N+](=O)[O-])c1nnc2n1CCCCC2. The number of aromatic nitrogens is 3. The third kappa shape index (κ3) is 3.63. The predicted octanol–water partition coefficient (Wildman–Crippen LogP) is 3.53. The summed E-state index contributed by atoms with van der Waals surface area (Å²) in [7, 11) is 0. The number of hydrogen-bond donors (Lipinski definition) is 0. The van der Waals surface area contributed by atoms with Gasteiger partial charge in [0, 0.05) is 19.0 Å². The van der Waals surface area contributed by atoms with Gasteiger partial charge in [0.2, 0.25) is 0 Å². The molecule has 1 aromatic carbocycles. The third-order valence-electron chi connectivity index (χ3n) is 4.14. The molecule has 1 aliphatic heterocycles. The van der Waals surface area contributed by atoms with Crippen molar-refractivity contribution in [1.29, 1.82) is 5.26 Å². The molecule has 0 spiro atoms. The molecular weight excluding hydrogens is 318 g/mol. The Morgan fingerprint density at radius 1 is 1.28 bits per heavy atom. The molecule has 0 bridgehead atoms. The Morgan fingerprint density at radius 2 is 2.12 bits per heavy atom. The van der Waals surface area contributed by atoms with Crippen molar-refractivity contribution in [3.8, 4) is 6.07 Å². The van der Waals surface area contributed by atoms with Crippen molar-refractivity contribution in [1.82, 2.24) is 14.8 Å². The summed E-state index contributed by atoms with van der Waals surface area (Å²) >= 11 is 0. The van der Waals surface area contributed by atoms with Crippen LogP contribution >= 0.6 is 0 Å². The monoisotopic (exact) mass is 335 g/mol. The van der Waals surface area contributed by atoms with Crippen LogP contribution in [0.15, 0.2) is 36.4 Å². The number of allylic oxidation sites excluding steroid dienone is 3. The Labute approximate surface area is 145 Å². The summed E-state index contributed by atoms with van der Waals surface area (Å²) < 4.78 is 2.00. The Balaban J connectivity index is 1.89. The highest BCUT2D eigenvalue weighted by Crippen LogP contribution is 2.21.